The summed E-state index contributed by atoms with van der Waals surface area (Å²) >= 11 is 0. The molecule has 4 atom stereocenters. The Morgan fingerprint density at radius 2 is 1.92 bits per heavy atom. The van der Waals surface area contributed by atoms with E-state index in [-0.39, 0.29) is 11.7 Å². The number of carbonyl (C=O) groups is 3. The number of ketones is 1. The van der Waals surface area contributed by atoms with Crippen LogP contribution in [0.15, 0.2) is 4.52 Å². The molecule has 12 nitrogen and oxygen atoms in total. The molecule has 0 saturated carbocycles. The first-order chi connectivity index (χ1) is 11.6. The first-order valence-corrected chi connectivity index (χ1v) is 7.32. The molecule has 7 N–H and O–H groups in total. The summed E-state index contributed by atoms with van der Waals surface area (Å²) in [7, 11) is 0. The summed E-state index contributed by atoms with van der Waals surface area (Å²) in [6.07, 6.45) is -2.92. The van der Waals surface area contributed by atoms with Crippen LogP contribution < -0.4 is 16.4 Å². The quantitative estimate of drug-likeness (QED) is 0.279. The average Bonchev–Trinajstić information content (AvgIpc) is 3.00. The fourth-order valence-electron chi connectivity index (χ4n) is 1.91. The number of hydrogen-bond donors (Lipinski definition) is 6. The van der Waals surface area contributed by atoms with Crippen LogP contribution in [-0.2, 0) is 9.59 Å². The fourth-order valence-corrected chi connectivity index (χ4v) is 1.91. The van der Waals surface area contributed by atoms with E-state index in [1.165, 1.54) is 13.8 Å². The van der Waals surface area contributed by atoms with E-state index in [9.17, 15) is 24.6 Å². The molecule has 0 fully saturated rings. The lowest BCUT2D eigenvalue weighted by molar-refractivity contribution is -0.121. The van der Waals surface area contributed by atoms with E-state index in [0.717, 1.165) is 0 Å². The van der Waals surface area contributed by atoms with Crippen molar-refractivity contribution in [1.29, 1.82) is 0 Å². The number of aromatic nitrogens is 2. The molecule has 1 heterocycles. The monoisotopic (exact) mass is 359 g/mol. The topological polar surface area (TPSA) is 201 Å². The second kappa shape index (κ2) is 9.05. The molecule has 0 radical (unpaired) electrons. The van der Waals surface area contributed by atoms with Crippen molar-refractivity contribution in [2.45, 2.75) is 44.6 Å². The van der Waals surface area contributed by atoms with Gasteiger partial charge in [0.05, 0.1) is 19.1 Å². The number of rotatable bonds is 9. The first-order valence-electron chi connectivity index (χ1n) is 7.32. The molecule has 0 saturated heterocycles. The smallest absolute Gasteiger partial charge is 0.316 e. The summed E-state index contributed by atoms with van der Waals surface area (Å²) < 4.78 is 4.85. The zero-order valence-corrected chi connectivity index (χ0v) is 13.7. The Labute approximate surface area is 142 Å². The molecule has 0 aromatic carbocycles. The molecule has 1 unspecified atom stereocenters. The highest BCUT2D eigenvalue weighted by atomic mass is 16.5. The number of primary amides is 1. The highest BCUT2D eigenvalue weighted by Gasteiger charge is 2.27. The van der Waals surface area contributed by atoms with Gasteiger partial charge >= 0.3 is 6.03 Å². The lowest BCUT2D eigenvalue weighted by Crippen LogP contribution is -2.51. The van der Waals surface area contributed by atoms with Crippen LogP contribution in [0.3, 0.4) is 0 Å². The van der Waals surface area contributed by atoms with Crippen LogP contribution in [0.4, 0.5) is 4.79 Å². The van der Waals surface area contributed by atoms with E-state index in [0.29, 0.717) is 0 Å². The van der Waals surface area contributed by atoms with Crippen molar-refractivity contribution in [3.8, 4) is 0 Å². The van der Waals surface area contributed by atoms with Crippen LogP contribution in [0.25, 0.3) is 0 Å². The zero-order valence-electron chi connectivity index (χ0n) is 13.7. The highest BCUT2D eigenvalue weighted by molar-refractivity contribution is 5.87. The van der Waals surface area contributed by atoms with Crippen molar-refractivity contribution >= 4 is 17.7 Å². The third kappa shape index (κ3) is 6.10. The normalized spacial score (nSPS) is 15.7. The van der Waals surface area contributed by atoms with Gasteiger partial charge in [-0.25, -0.2) is 4.79 Å². The molecule has 3 amide bonds. The van der Waals surface area contributed by atoms with Gasteiger partial charge < -0.3 is 36.2 Å². The Morgan fingerprint density at radius 1 is 1.28 bits per heavy atom. The predicted molar refractivity (Wildman–Crippen MR) is 80.7 cm³/mol. The predicted octanol–water partition coefficient (Wildman–Crippen LogP) is -2.35. The van der Waals surface area contributed by atoms with Gasteiger partial charge in [0.1, 0.15) is 18.2 Å². The summed E-state index contributed by atoms with van der Waals surface area (Å²) in [5, 5.41) is 35.8. The Hall–Kier alpha value is -2.57. The van der Waals surface area contributed by atoms with Gasteiger partial charge in [0.2, 0.25) is 17.6 Å². The molecule has 0 aliphatic rings. The molecule has 0 aliphatic carbocycles. The van der Waals surface area contributed by atoms with E-state index in [4.69, 9.17) is 15.4 Å². The van der Waals surface area contributed by atoms with E-state index >= 15 is 0 Å². The number of Topliss-reactive ketones (excluding diaryl/α,β-unsaturated/α-hetero) is 1. The molecule has 0 aliphatic heterocycles. The van der Waals surface area contributed by atoms with Crippen LogP contribution in [0, 0.1) is 0 Å². The number of nitrogens with zero attached hydrogens (tertiary/aromatic N) is 2. The SMILES string of the molecule is CC(=O)[C@@H](NC(=O)N[C@@H](CC(N)=O)c1nc([C@@H](O)CO)no1)C(C)O. The van der Waals surface area contributed by atoms with Crippen molar-refractivity contribution in [1.82, 2.24) is 20.8 Å². The third-order valence-electron chi connectivity index (χ3n) is 3.14. The van der Waals surface area contributed by atoms with Gasteiger partial charge in [-0.05, 0) is 13.8 Å². The van der Waals surface area contributed by atoms with Gasteiger partial charge in [0, 0.05) is 0 Å². The van der Waals surface area contributed by atoms with Crippen LogP contribution in [0.1, 0.15) is 44.1 Å². The summed E-state index contributed by atoms with van der Waals surface area (Å²) in [6, 6.07) is -3.16. The number of hydrogen-bond acceptors (Lipinski definition) is 9. The Bertz CT molecular complexity index is 618. The number of amides is 3. The number of aliphatic hydroxyl groups is 3. The van der Waals surface area contributed by atoms with Gasteiger partial charge in [-0.3, -0.25) is 9.59 Å². The van der Waals surface area contributed by atoms with Gasteiger partial charge in [-0.2, -0.15) is 4.98 Å². The average molecular weight is 359 g/mol. The zero-order chi connectivity index (χ0) is 19.1. The molecule has 25 heavy (non-hydrogen) atoms. The minimum absolute atomic E-state index is 0.229. The summed E-state index contributed by atoms with van der Waals surface area (Å²) in [4.78, 5) is 38.4. The molecular weight excluding hydrogens is 338 g/mol. The number of nitrogens with two attached hydrogens (primary N) is 1. The van der Waals surface area contributed by atoms with Crippen molar-refractivity contribution in [2.24, 2.45) is 5.73 Å². The maximum absolute atomic E-state index is 12.0. The van der Waals surface area contributed by atoms with E-state index in [1.54, 1.807) is 0 Å². The fraction of sp³-hybridized carbons (Fsp3) is 0.615. The van der Waals surface area contributed by atoms with Crippen molar-refractivity contribution in [3.63, 3.8) is 0 Å². The molecular formula is C13H21N5O7. The molecule has 12 heteroatoms. The van der Waals surface area contributed by atoms with E-state index in [1.807, 2.05) is 0 Å². The number of carbonyl (C=O) groups excluding carboxylic acids is 3. The van der Waals surface area contributed by atoms with Gasteiger partial charge in [-0.15, -0.1) is 0 Å². The van der Waals surface area contributed by atoms with Crippen LogP contribution in [-0.4, -0.2) is 61.9 Å². The van der Waals surface area contributed by atoms with Crippen molar-refractivity contribution in [3.05, 3.63) is 11.7 Å². The minimum atomic E-state index is -1.39. The Morgan fingerprint density at radius 3 is 2.40 bits per heavy atom. The number of aliphatic hydroxyl groups excluding tert-OH is 3. The maximum Gasteiger partial charge on any atom is 0.316 e. The van der Waals surface area contributed by atoms with Gasteiger partial charge in [0.15, 0.2) is 5.78 Å². The highest BCUT2D eigenvalue weighted by Crippen LogP contribution is 2.17. The van der Waals surface area contributed by atoms with Crippen LogP contribution in [0.2, 0.25) is 0 Å². The van der Waals surface area contributed by atoms with Crippen LogP contribution in [0.5, 0.6) is 0 Å². The van der Waals surface area contributed by atoms with Crippen LogP contribution >= 0.6 is 0 Å². The summed E-state index contributed by atoms with van der Waals surface area (Å²) in [5.74, 6) is -1.72. The summed E-state index contributed by atoms with van der Waals surface area (Å²) in [6.45, 7) is 1.87. The third-order valence-corrected chi connectivity index (χ3v) is 3.14. The lowest BCUT2D eigenvalue weighted by atomic mass is 10.1. The number of urea groups is 1. The van der Waals surface area contributed by atoms with Gasteiger partial charge in [-0.1, -0.05) is 5.16 Å². The Balaban J connectivity index is 2.89. The number of nitrogens with one attached hydrogen (secondary N) is 2. The maximum atomic E-state index is 12.0. The molecule has 0 bridgehead atoms. The molecule has 1 rings (SSSR count). The van der Waals surface area contributed by atoms with Crippen molar-refractivity contribution in [2.75, 3.05) is 6.61 Å². The lowest BCUT2D eigenvalue weighted by Gasteiger charge is -2.20. The summed E-state index contributed by atoms with van der Waals surface area (Å²) in [5.41, 5.74) is 5.11. The molecule has 0 spiro atoms. The second-order valence-corrected chi connectivity index (χ2v) is 5.36. The van der Waals surface area contributed by atoms with E-state index in [2.05, 4.69) is 20.8 Å². The largest absolute Gasteiger partial charge is 0.393 e. The molecule has 140 valence electrons. The Kier molecular flexibility index (Phi) is 7.42. The molecule has 1 aromatic rings. The minimum Gasteiger partial charge on any atom is -0.393 e. The van der Waals surface area contributed by atoms with E-state index < -0.39 is 55.0 Å². The van der Waals surface area contributed by atoms with Crippen molar-refractivity contribution < 1.29 is 34.2 Å². The van der Waals surface area contributed by atoms with Gasteiger partial charge in [0.25, 0.3) is 0 Å². The molecule has 1 aromatic heterocycles. The second-order valence-electron chi connectivity index (χ2n) is 5.36. The standard InChI is InChI=1S/C13H21N5O7/c1-5(20)10(6(2)21)16-13(24)15-7(3-9(14)23)12-17-11(18-25-12)8(22)4-19/h5,7-8,10,19-20,22H,3-4H2,1-2H3,(H2,14,23)(H2,15,16,24)/t5?,7-,8-,10-/m0/s1. The first kappa shape index (κ1) is 20.5.